The van der Waals surface area contributed by atoms with Gasteiger partial charge in [0.05, 0.1) is 0 Å². The van der Waals surface area contributed by atoms with Gasteiger partial charge in [-0.1, -0.05) is 25.7 Å². The topological polar surface area (TPSA) is 40.5 Å². The molecule has 0 saturated carbocycles. The van der Waals surface area contributed by atoms with Crippen molar-refractivity contribution in [1.29, 1.82) is 0 Å². The first-order chi connectivity index (χ1) is 5.62. The maximum Gasteiger partial charge on any atom is 0.123 e. The van der Waals surface area contributed by atoms with Crippen molar-refractivity contribution in [3.05, 3.63) is 0 Å². The van der Waals surface area contributed by atoms with Crippen molar-refractivity contribution in [2.75, 3.05) is 0 Å². The second-order valence-electron chi connectivity index (χ2n) is 4.68. The molecule has 0 fully saturated rings. The summed E-state index contributed by atoms with van der Waals surface area (Å²) >= 11 is 0. The van der Waals surface area contributed by atoms with Crippen molar-refractivity contribution >= 4 is 0 Å². The van der Waals surface area contributed by atoms with Crippen molar-refractivity contribution in [2.24, 2.45) is 5.92 Å². The Morgan fingerprint density at radius 2 is 1.54 bits per heavy atom. The van der Waals surface area contributed by atoms with Gasteiger partial charge in [-0.2, -0.15) is 0 Å². The maximum atomic E-state index is 9.76. The van der Waals surface area contributed by atoms with Crippen molar-refractivity contribution in [3.63, 3.8) is 0 Å². The van der Waals surface area contributed by atoms with Crippen LogP contribution in [0.5, 0.6) is 0 Å². The summed E-state index contributed by atoms with van der Waals surface area (Å²) in [5.41, 5.74) is -2.02. The lowest BCUT2D eigenvalue weighted by molar-refractivity contribution is 0.0947. The molecule has 0 heterocycles. The molecule has 1 atom stereocenters. The van der Waals surface area contributed by atoms with Crippen LogP contribution in [-0.2, 0) is 0 Å². The summed E-state index contributed by atoms with van der Waals surface area (Å²) in [6.07, 6.45) is 0.621. The molecule has 0 spiro atoms. The van der Waals surface area contributed by atoms with Crippen LogP contribution in [0.2, 0.25) is 0 Å². The SMILES string of the molecule is CC(C)CC(C)(O)C#CC(C)(C)O. The molecule has 2 heteroatoms. The fourth-order valence-corrected chi connectivity index (χ4v) is 1.13. The van der Waals surface area contributed by atoms with Crippen LogP contribution in [0.15, 0.2) is 0 Å². The van der Waals surface area contributed by atoms with Gasteiger partial charge in [-0.05, 0) is 33.1 Å². The molecule has 0 aliphatic heterocycles. The van der Waals surface area contributed by atoms with E-state index in [4.69, 9.17) is 0 Å². The molecule has 0 saturated heterocycles. The number of hydrogen-bond acceptors (Lipinski definition) is 2. The van der Waals surface area contributed by atoms with E-state index in [1.165, 1.54) is 0 Å². The van der Waals surface area contributed by atoms with Crippen LogP contribution in [0, 0.1) is 17.8 Å². The van der Waals surface area contributed by atoms with Crippen LogP contribution >= 0.6 is 0 Å². The maximum absolute atomic E-state index is 9.76. The summed E-state index contributed by atoms with van der Waals surface area (Å²) in [5.74, 6) is 5.70. The van der Waals surface area contributed by atoms with Crippen molar-refractivity contribution in [3.8, 4) is 11.8 Å². The summed E-state index contributed by atoms with van der Waals surface area (Å²) in [4.78, 5) is 0. The Balaban J connectivity index is 4.38. The van der Waals surface area contributed by atoms with E-state index < -0.39 is 11.2 Å². The largest absolute Gasteiger partial charge is 0.378 e. The first kappa shape index (κ1) is 12.5. The molecule has 1 unspecified atom stereocenters. The summed E-state index contributed by atoms with van der Waals surface area (Å²) < 4.78 is 0. The van der Waals surface area contributed by atoms with Gasteiger partial charge >= 0.3 is 0 Å². The molecule has 13 heavy (non-hydrogen) atoms. The van der Waals surface area contributed by atoms with Crippen LogP contribution in [0.25, 0.3) is 0 Å². The molecule has 0 aromatic heterocycles. The summed E-state index contributed by atoms with van der Waals surface area (Å²) in [6, 6.07) is 0. The highest BCUT2D eigenvalue weighted by Gasteiger charge is 2.19. The van der Waals surface area contributed by atoms with E-state index in [-0.39, 0.29) is 0 Å². The first-order valence-corrected chi connectivity index (χ1v) is 4.61. The minimum Gasteiger partial charge on any atom is -0.378 e. The quantitative estimate of drug-likeness (QED) is 0.639. The molecule has 0 aromatic carbocycles. The predicted octanol–water partition coefficient (Wildman–Crippen LogP) is 1.56. The van der Waals surface area contributed by atoms with Crippen LogP contribution < -0.4 is 0 Å². The van der Waals surface area contributed by atoms with Crippen molar-refractivity contribution < 1.29 is 10.2 Å². The Morgan fingerprint density at radius 3 is 1.85 bits per heavy atom. The zero-order chi connectivity index (χ0) is 10.7. The standard InChI is InChI=1S/C11H20O2/c1-9(2)8-11(5,13)7-6-10(3,4)12/h9,12-13H,8H2,1-5H3. The average Bonchev–Trinajstić information content (AvgIpc) is 1.79. The smallest absolute Gasteiger partial charge is 0.123 e. The van der Waals surface area contributed by atoms with Crippen LogP contribution in [0.4, 0.5) is 0 Å². The Hall–Kier alpha value is -0.520. The third kappa shape index (κ3) is 7.83. The Bertz CT molecular complexity index is 210. The van der Waals surface area contributed by atoms with E-state index in [0.29, 0.717) is 12.3 Å². The highest BCUT2D eigenvalue weighted by Crippen LogP contribution is 2.15. The predicted molar refractivity (Wildman–Crippen MR) is 54.2 cm³/mol. The molecule has 0 amide bonds. The van der Waals surface area contributed by atoms with Crippen LogP contribution in [-0.4, -0.2) is 21.4 Å². The lowest BCUT2D eigenvalue weighted by Gasteiger charge is -2.19. The van der Waals surface area contributed by atoms with Crippen molar-refractivity contribution in [1.82, 2.24) is 0 Å². The molecular weight excluding hydrogens is 164 g/mol. The van der Waals surface area contributed by atoms with E-state index >= 15 is 0 Å². The van der Waals surface area contributed by atoms with E-state index in [0.717, 1.165) is 0 Å². The summed E-state index contributed by atoms with van der Waals surface area (Å²) in [7, 11) is 0. The number of rotatable bonds is 2. The first-order valence-electron chi connectivity index (χ1n) is 4.61. The molecule has 0 rings (SSSR count). The molecule has 0 aromatic rings. The van der Waals surface area contributed by atoms with E-state index in [9.17, 15) is 10.2 Å². The third-order valence-electron chi connectivity index (χ3n) is 1.44. The Kier molecular flexibility index (Phi) is 3.96. The lowest BCUT2D eigenvalue weighted by Crippen LogP contribution is -2.25. The average molecular weight is 184 g/mol. The molecule has 0 bridgehead atoms. The molecule has 2 nitrogen and oxygen atoms in total. The van der Waals surface area contributed by atoms with Crippen LogP contribution in [0.3, 0.4) is 0 Å². The number of hydrogen-bond donors (Lipinski definition) is 2. The van der Waals surface area contributed by atoms with E-state index in [1.807, 2.05) is 13.8 Å². The number of aliphatic hydroxyl groups is 2. The van der Waals surface area contributed by atoms with Gasteiger partial charge in [0.25, 0.3) is 0 Å². The fourth-order valence-electron chi connectivity index (χ4n) is 1.13. The molecule has 76 valence electrons. The molecule has 0 aliphatic carbocycles. The molecular formula is C11H20O2. The van der Waals surface area contributed by atoms with Gasteiger partial charge in [0.15, 0.2) is 0 Å². The highest BCUT2D eigenvalue weighted by atomic mass is 16.3. The normalized spacial score (nSPS) is 16.3. The minimum atomic E-state index is -1.03. The third-order valence-corrected chi connectivity index (χ3v) is 1.44. The van der Waals surface area contributed by atoms with E-state index in [2.05, 4.69) is 11.8 Å². The zero-order valence-electron chi connectivity index (χ0n) is 9.18. The molecule has 0 radical (unpaired) electrons. The second kappa shape index (κ2) is 4.13. The van der Waals surface area contributed by atoms with Gasteiger partial charge in [-0.15, -0.1) is 0 Å². The van der Waals surface area contributed by atoms with E-state index in [1.54, 1.807) is 20.8 Å². The highest BCUT2D eigenvalue weighted by molar-refractivity contribution is 5.18. The van der Waals surface area contributed by atoms with Gasteiger partial charge in [0.2, 0.25) is 0 Å². The summed E-state index contributed by atoms with van der Waals surface area (Å²) in [5, 5.41) is 19.1. The van der Waals surface area contributed by atoms with Gasteiger partial charge < -0.3 is 10.2 Å². The summed E-state index contributed by atoms with van der Waals surface area (Å²) in [6.45, 7) is 8.93. The molecule has 2 N–H and O–H groups in total. The lowest BCUT2D eigenvalue weighted by atomic mass is 9.94. The van der Waals surface area contributed by atoms with Gasteiger partial charge in [-0.3, -0.25) is 0 Å². The van der Waals surface area contributed by atoms with Gasteiger partial charge in [0.1, 0.15) is 11.2 Å². The second-order valence-corrected chi connectivity index (χ2v) is 4.68. The Morgan fingerprint density at radius 1 is 1.08 bits per heavy atom. The zero-order valence-corrected chi connectivity index (χ0v) is 9.18. The fraction of sp³-hybridized carbons (Fsp3) is 0.818. The molecule has 0 aliphatic rings. The Labute approximate surface area is 81.0 Å². The van der Waals surface area contributed by atoms with Crippen LogP contribution in [0.1, 0.15) is 41.0 Å². The van der Waals surface area contributed by atoms with Gasteiger partial charge in [-0.25, -0.2) is 0 Å². The minimum absolute atomic E-state index is 0.395. The van der Waals surface area contributed by atoms with Crippen molar-refractivity contribution in [2.45, 2.75) is 52.2 Å². The monoisotopic (exact) mass is 184 g/mol. The van der Waals surface area contributed by atoms with Gasteiger partial charge in [0, 0.05) is 0 Å².